The molecule has 1 aliphatic rings. The fourth-order valence-corrected chi connectivity index (χ4v) is 6.48. The first-order valence-electron chi connectivity index (χ1n) is 14.6. The average Bonchev–Trinajstić information content (AvgIpc) is 3.57. The van der Waals surface area contributed by atoms with E-state index in [0.717, 1.165) is 11.3 Å². The molecular weight excluding hydrogens is 658 g/mol. The summed E-state index contributed by atoms with van der Waals surface area (Å²) in [5, 5.41) is 39.9. The average molecular weight is 696 g/mol. The van der Waals surface area contributed by atoms with Gasteiger partial charge in [-0.2, -0.15) is 0 Å². The molecule has 1 aromatic carbocycles. The monoisotopic (exact) mass is 695 g/mol. The van der Waals surface area contributed by atoms with E-state index in [1.54, 1.807) is 40.3 Å². The van der Waals surface area contributed by atoms with Crippen LogP contribution in [-0.4, -0.2) is 160 Å². The van der Waals surface area contributed by atoms with E-state index in [4.69, 9.17) is 5.14 Å². The summed E-state index contributed by atoms with van der Waals surface area (Å²) >= 11 is 0.846. The van der Waals surface area contributed by atoms with Crippen LogP contribution in [0.3, 0.4) is 0 Å². The lowest BCUT2D eigenvalue weighted by Gasteiger charge is -2.33. The summed E-state index contributed by atoms with van der Waals surface area (Å²) in [6, 6.07) is 6.89. The fraction of sp³-hybridized carbons (Fsp3) is 0.481. The molecule has 0 radical (unpaired) electrons. The third-order valence-electron chi connectivity index (χ3n) is 7.39. The molecule has 0 aliphatic carbocycles. The number of aromatic nitrogens is 3. The highest BCUT2D eigenvalue weighted by Gasteiger charge is 2.21. The molecule has 2 aromatic heterocycles. The molecule has 1 aliphatic heterocycles. The van der Waals surface area contributed by atoms with Crippen LogP contribution in [0.5, 0.6) is 0 Å². The number of amides is 1. The summed E-state index contributed by atoms with van der Waals surface area (Å²) in [6.45, 7) is 2.65. The zero-order valence-corrected chi connectivity index (χ0v) is 27.0. The van der Waals surface area contributed by atoms with Crippen LogP contribution in [-0.2, 0) is 29.2 Å². The summed E-state index contributed by atoms with van der Waals surface area (Å²) in [5.41, 5.74) is 1.78. The third kappa shape index (κ3) is 11.3. The number of nitrogens with two attached hydrogens (primary N) is 1. The Kier molecular flexibility index (Phi) is 12.3. The first-order valence-corrected chi connectivity index (χ1v) is 17.0. The Balaban J connectivity index is 1.41. The number of hydrogen-bond acceptors (Lipinski definition) is 13. The minimum atomic E-state index is -3.94. The molecular formula is C27H37N9O9S2. The van der Waals surface area contributed by atoms with Gasteiger partial charge in [-0.15, -0.1) is 5.10 Å². The van der Waals surface area contributed by atoms with E-state index in [1.807, 2.05) is 9.80 Å². The number of aliphatic carboxylic acids is 3. The lowest BCUT2D eigenvalue weighted by atomic mass is 10.1. The summed E-state index contributed by atoms with van der Waals surface area (Å²) < 4.78 is 24.2. The number of benzene rings is 1. The Morgan fingerprint density at radius 3 is 1.77 bits per heavy atom. The molecule has 0 unspecified atom stereocenters. The van der Waals surface area contributed by atoms with Gasteiger partial charge in [0.1, 0.15) is 0 Å². The maximum absolute atomic E-state index is 13.1. The van der Waals surface area contributed by atoms with Crippen molar-refractivity contribution in [3.63, 3.8) is 0 Å². The molecule has 0 bridgehead atoms. The van der Waals surface area contributed by atoms with Crippen LogP contribution in [0.1, 0.15) is 6.42 Å². The third-order valence-corrected chi connectivity index (χ3v) is 9.62. The molecule has 20 heteroatoms. The molecule has 18 nitrogen and oxygen atoms in total. The van der Waals surface area contributed by atoms with E-state index >= 15 is 0 Å². The first kappa shape index (κ1) is 35.8. The van der Waals surface area contributed by atoms with Gasteiger partial charge in [-0.3, -0.25) is 33.9 Å². The molecule has 256 valence electrons. The summed E-state index contributed by atoms with van der Waals surface area (Å²) in [4.78, 5) is 59.2. The second-order valence-corrected chi connectivity index (χ2v) is 13.7. The fourth-order valence-electron chi connectivity index (χ4n) is 4.98. The highest BCUT2D eigenvalue weighted by molar-refractivity contribution is 7.91. The van der Waals surface area contributed by atoms with Crippen molar-refractivity contribution in [2.24, 2.45) is 5.14 Å². The van der Waals surface area contributed by atoms with E-state index in [1.165, 1.54) is 4.52 Å². The van der Waals surface area contributed by atoms with Crippen molar-refractivity contribution in [2.45, 2.75) is 10.8 Å². The molecule has 0 spiro atoms. The number of carboxylic acid groups (broad SMARTS) is 3. The predicted molar refractivity (Wildman–Crippen MR) is 170 cm³/mol. The molecule has 1 amide bonds. The number of nitrogens with zero attached hydrogens (tertiary/aromatic N) is 7. The largest absolute Gasteiger partial charge is 0.481 e. The second-order valence-electron chi connectivity index (χ2n) is 11.0. The minimum absolute atomic E-state index is 0.00402. The molecule has 0 saturated carbocycles. The zero-order valence-electron chi connectivity index (χ0n) is 25.4. The number of carbonyl (C=O) groups is 4. The van der Waals surface area contributed by atoms with Crippen LogP contribution in [0, 0.1) is 0 Å². The molecule has 4 rings (SSSR count). The quantitative estimate of drug-likeness (QED) is 0.151. The van der Waals surface area contributed by atoms with Crippen LogP contribution < -0.4 is 10.5 Å². The number of carboxylic acids is 3. The number of primary sulfonamides is 1. The van der Waals surface area contributed by atoms with Crippen LogP contribution in [0.2, 0.25) is 0 Å². The summed E-state index contributed by atoms with van der Waals surface area (Å²) in [6.07, 6.45) is 1.48. The van der Waals surface area contributed by atoms with E-state index in [9.17, 15) is 42.9 Å². The molecule has 1 saturated heterocycles. The van der Waals surface area contributed by atoms with Gasteiger partial charge in [0, 0.05) is 70.2 Å². The van der Waals surface area contributed by atoms with Crippen molar-refractivity contribution < 1.29 is 42.9 Å². The Bertz CT molecular complexity index is 1650. The van der Waals surface area contributed by atoms with Crippen LogP contribution in [0.25, 0.3) is 16.2 Å². The number of nitrogens with one attached hydrogen (secondary N) is 1. The zero-order chi connectivity index (χ0) is 34.1. The standard InChI is InChI=1S/C27H37N9O9S2/c28-47(44,45)27-31-36-15-21(30-26(36)46-27)19-1-3-20(4-2-19)29-22(37)16-33-9-7-32(6-5-23(38)39)8-10-34(17-24(40)41)13-14-35(12-11-33)18-25(42)43/h1-4,15H,5-14,16-18H2,(H,29,37)(H,38,39)(H,40,41)(H,42,43)(H2,28,44,45). The Morgan fingerprint density at radius 1 is 0.787 bits per heavy atom. The summed E-state index contributed by atoms with van der Waals surface area (Å²) in [7, 11) is -3.94. The van der Waals surface area contributed by atoms with Crippen molar-refractivity contribution in [3.8, 4) is 11.3 Å². The lowest BCUT2D eigenvalue weighted by Crippen LogP contribution is -2.49. The van der Waals surface area contributed by atoms with Gasteiger partial charge in [-0.1, -0.05) is 23.5 Å². The van der Waals surface area contributed by atoms with Gasteiger partial charge < -0.3 is 25.5 Å². The van der Waals surface area contributed by atoms with Gasteiger partial charge in [-0.05, 0) is 12.1 Å². The minimum Gasteiger partial charge on any atom is -0.481 e. The molecule has 0 atom stereocenters. The summed E-state index contributed by atoms with van der Waals surface area (Å²) in [5.74, 6) is -3.29. The van der Waals surface area contributed by atoms with Crippen LogP contribution >= 0.6 is 11.3 Å². The maximum Gasteiger partial charge on any atom is 0.317 e. The predicted octanol–water partition coefficient (Wildman–Crippen LogP) is -1.09. The Labute approximate surface area is 274 Å². The van der Waals surface area contributed by atoms with E-state index < -0.39 is 27.9 Å². The molecule has 6 N–H and O–H groups in total. The van der Waals surface area contributed by atoms with Crippen molar-refractivity contribution in [1.82, 2.24) is 34.2 Å². The highest BCUT2D eigenvalue weighted by Crippen LogP contribution is 2.25. The molecule has 3 aromatic rings. The SMILES string of the molecule is NS(=O)(=O)c1nn2cc(-c3ccc(NC(=O)CN4CCN(CCC(=O)O)CCN(CC(=O)O)CCN(CC(=O)O)CC4)cc3)nc2s1. The van der Waals surface area contributed by atoms with Gasteiger partial charge in [0.2, 0.25) is 15.2 Å². The van der Waals surface area contributed by atoms with Gasteiger partial charge in [0.25, 0.3) is 10.0 Å². The number of hydrogen-bond donors (Lipinski definition) is 5. The Hall–Kier alpha value is -4.05. The second kappa shape index (κ2) is 16.2. The normalized spacial score (nSPS) is 16.8. The van der Waals surface area contributed by atoms with Crippen molar-refractivity contribution in [3.05, 3.63) is 30.5 Å². The van der Waals surface area contributed by atoms with E-state index in [0.29, 0.717) is 74.3 Å². The number of imidazole rings is 1. The number of rotatable bonds is 12. The lowest BCUT2D eigenvalue weighted by molar-refractivity contribution is -0.140. The van der Waals surface area contributed by atoms with E-state index in [2.05, 4.69) is 15.4 Å². The van der Waals surface area contributed by atoms with Crippen LogP contribution in [0.15, 0.2) is 34.8 Å². The number of fused-ring (bicyclic) bond motifs is 1. The van der Waals surface area contributed by atoms with E-state index in [-0.39, 0.29) is 42.8 Å². The first-order chi connectivity index (χ1) is 22.2. The van der Waals surface area contributed by atoms with Gasteiger partial charge in [0.15, 0.2) is 0 Å². The van der Waals surface area contributed by atoms with Gasteiger partial charge in [0.05, 0.1) is 37.9 Å². The topological polar surface area (TPSA) is 244 Å². The molecule has 47 heavy (non-hydrogen) atoms. The maximum atomic E-state index is 13.1. The molecule has 3 heterocycles. The number of sulfonamides is 1. The van der Waals surface area contributed by atoms with Gasteiger partial charge >= 0.3 is 17.9 Å². The highest BCUT2D eigenvalue weighted by atomic mass is 32.2. The number of anilines is 1. The number of carbonyl (C=O) groups excluding carboxylic acids is 1. The van der Waals surface area contributed by atoms with Crippen molar-refractivity contribution in [2.75, 3.05) is 83.9 Å². The van der Waals surface area contributed by atoms with Crippen molar-refractivity contribution >= 4 is 55.8 Å². The van der Waals surface area contributed by atoms with Crippen molar-refractivity contribution in [1.29, 1.82) is 0 Å². The smallest absolute Gasteiger partial charge is 0.317 e. The van der Waals surface area contributed by atoms with Gasteiger partial charge in [-0.25, -0.2) is 23.1 Å². The Morgan fingerprint density at radius 2 is 1.30 bits per heavy atom. The molecule has 1 fully saturated rings. The van der Waals surface area contributed by atoms with Crippen LogP contribution in [0.4, 0.5) is 5.69 Å².